The van der Waals surface area contributed by atoms with Crippen molar-refractivity contribution >= 4 is 0 Å². The zero-order chi connectivity index (χ0) is 11.3. The molecule has 0 bridgehead atoms. The van der Waals surface area contributed by atoms with Crippen LogP contribution in [0.2, 0.25) is 0 Å². The van der Waals surface area contributed by atoms with Gasteiger partial charge in [0.1, 0.15) is 0 Å². The fraction of sp³-hybridized carbons (Fsp3) is 0.857. The molecule has 0 saturated heterocycles. The molecule has 1 nitrogen and oxygen atoms in total. The Morgan fingerprint density at radius 3 is 2.53 bits per heavy atom. The minimum Gasteiger partial charge on any atom is -0.392 e. The van der Waals surface area contributed by atoms with E-state index in [1.807, 2.05) is 0 Å². The fourth-order valence-corrected chi connectivity index (χ4v) is 3.92. The van der Waals surface area contributed by atoms with Crippen LogP contribution in [0, 0.1) is 16.7 Å². The summed E-state index contributed by atoms with van der Waals surface area (Å²) in [6, 6.07) is 0. The maximum atomic E-state index is 10.6. The Morgan fingerprint density at radius 1 is 1.33 bits per heavy atom. The second-order valence-electron chi connectivity index (χ2n) is 6.46. The molecule has 0 heterocycles. The second-order valence-corrected chi connectivity index (χ2v) is 6.46. The quantitative estimate of drug-likeness (QED) is 0.604. The number of allylic oxidation sites excluding steroid dienone is 2. The summed E-state index contributed by atoms with van der Waals surface area (Å²) < 4.78 is 0. The molecule has 1 heteroatoms. The first kappa shape index (κ1) is 11.2. The lowest BCUT2D eigenvalue weighted by Gasteiger charge is -2.50. The highest BCUT2D eigenvalue weighted by molar-refractivity contribution is 5.20. The van der Waals surface area contributed by atoms with Gasteiger partial charge in [-0.1, -0.05) is 38.8 Å². The summed E-state index contributed by atoms with van der Waals surface area (Å²) >= 11 is 0. The standard InChI is InChI=1S/C14H24O/c1-10-8-11(2)14(9-10)7-5-6-13(3,4)12(14)15/h8,11-12,15H,5-7,9H2,1-4H3. The third-order valence-corrected chi connectivity index (χ3v) is 4.80. The van der Waals surface area contributed by atoms with Gasteiger partial charge in [-0.3, -0.25) is 0 Å². The number of aliphatic hydroxyl groups is 1. The highest BCUT2D eigenvalue weighted by Crippen LogP contribution is 2.56. The molecule has 0 aromatic carbocycles. The third kappa shape index (κ3) is 1.56. The van der Waals surface area contributed by atoms with Gasteiger partial charge in [0.15, 0.2) is 0 Å². The van der Waals surface area contributed by atoms with Crippen molar-refractivity contribution in [2.45, 2.75) is 59.5 Å². The van der Waals surface area contributed by atoms with Crippen molar-refractivity contribution in [3.05, 3.63) is 11.6 Å². The van der Waals surface area contributed by atoms with Gasteiger partial charge in [-0.15, -0.1) is 0 Å². The van der Waals surface area contributed by atoms with Crippen molar-refractivity contribution in [3.8, 4) is 0 Å². The maximum Gasteiger partial charge on any atom is 0.0655 e. The average molecular weight is 208 g/mol. The molecule has 15 heavy (non-hydrogen) atoms. The van der Waals surface area contributed by atoms with Gasteiger partial charge in [-0.25, -0.2) is 0 Å². The van der Waals surface area contributed by atoms with Crippen LogP contribution < -0.4 is 0 Å². The highest BCUT2D eigenvalue weighted by atomic mass is 16.3. The van der Waals surface area contributed by atoms with E-state index >= 15 is 0 Å². The molecule has 0 aromatic rings. The summed E-state index contributed by atoms with van der Waals surface area (Å²) in [6.07, 6.45) is 6.98. The van der Waals surface area contributed by atoms with Gasteiger partial charge < -0.3 is 5.11 Å². The molecule has 1 fully saturated rings. The van der Waals surface area contributed by atoms with Crippen LogP contribution in [0.3, 0.4) is 0 Å². The number of aliphatic hydroxyl groups excluding tert-OH is 1. The molecular formula is C14H24O. The van der Waals surface area contributed by atoms with Crippen LogP contribution in [0.15, 0.2) is 11.6 Å². The molecule has 0 amide bonds. The Labute approximate surface area is 93.6 Å². The van der Waals surface area contributed by atoms with E-state index in [0.29, 0.717) is 5.92 Å². The Morgan fingerprint density at radius 2 is 2.00 bits per heavy atom. The van der Waals surface area contributed by atoms with Crippen molar-refractivity contribution in [2.75, 3.05) is 0 Å². The van der Waals surface area contributed by atoms with Crippen LogP contribution in [0.1, 0.15) is 53.4 Å². The summed E-state index contributed by atoms with van der Waals surface area (Å²) in [5, 5.41) is 10.6. The van der Waals surface area contributed by atoms with Gasteiger partial charge in [-0.2, -0.15) is 0 Å². The molecule has 0 aromatic heterocycles. The summed E-state index contributed by atoms with van der Waals surface area (Å²) in [5.74, 6) is 0.548. The molecule has 1 N–H and O–H groups in total. The van der Waals surface area contributed by atoms with Gasteiger partial charge in [0.2, 0.25) is 0 Å². The molecule has 3 unspecified atom stereocenters. The van der Waals surface area contributed by atoms with Gasteiger partial charge in [0, 0.05) is 5.41 Å². The Hall–Kier alpha value is -0.300. The van der Waals surface area contributed by atoms with E-state index in [-0.39, 0.29) is 16.9 Å². The lowest BCUT2D eigenvalue weighted by Crippen LogP contribution is -2.50. The molecule has 2 aliphatic rings. The summed E-state index contributed by atoms with van der Waals surface area (Å²) in [4.78, 5) is 0. The van der Waals surface area contributed by atoms with Crippen molar-refractivity contribution in [3.63, 3.8) is 0 Å². The first-order chi connectivity index (χ1) is 6.88. The van der Waals surface area contributed by atoms with E-state index in [1.165, 1.54) is 24.8 Å². The molecule has 1 spiro atoms. The summed E-state index contributed by atoms with van der Waals surface area (Å²) in [5.41, 5.74) is 1.73. The maximum absolute atomic E-state index is 10.6. The van der Waals surface area contributed by atoms with Crippen LogP contribution in [0.25, 0.3) is 0 Å². The minimum absolute atomic E-state index is 0.102. The molecule has 0 radical (unpaired) electrons. The minimum atomic E-state index is -0.137. The first-order valence-electron chi connectivity index (χ1n) is 6.24. The second kappa shape index (κ2) is 3.35. The monoisotopic (exact) mass is 208 g/mol. The number of hydrogen-bond donors (Lipinski definition) is 1. The average Bonchev–Trinajstić information content (AvgIpc) is 2.39. The van der Waals surface area contributed by atoms with E-state index in [9.17, 15) is 5.11 Å². The van der Waals surface area contributed by atoms with E-state index < -0.39 is 0 Å². The van der Waals surface area contributed by atoms with Crippen LogP contribution in [0.4, 0.5) is 0 Å². The largest absolute Gasteiger partial charge is 0.392 e. The molecular weight excluding hydrogens is 184 g/mol. The molecule has 2 rings (SSSR count). The van der Waals surface area contributed by atoms with Crippen molar-refractivity contribution in [1.29, 1.82) is 0 Å². The van der Waals surface area contributed by atoms with E-state index in [4.69, 9.17) is 0 Å². The first-order valence-corrected chi connectivity index (χ1v) is 6.24. The predicted molar refractivity (Wildman–Crippen MR) is 63.6 cm³/mol. The van der Waals surface area contributed by atoms with Gasteiger partial charge >= 0.3 is 0 Å². The van der Waals surface area contributed by atoms with Crippen molar-refractivity contribution in [1.82, 2.24) is 0 Å². The third-order valence-electron chi connectivity index (χ3n) is 4.80. The van der Waals surface area contributed by atoms with Gasteiger partial charge in [-0.05, 0) is 37.5 Å². The molecule has 86 valence electrons. The SMILES string of the molecule is CC1=CC(C)C2(CCCC(C)(C)C2O)C1. The van der Waals surface area contributed by atoms with Crippen LogP contribution in [-0.2, 0) is 0 Å². The van der Waals surface area contributed by atoms with E-state index in [0.717, 1.165) is 6.42 Å². The van der Waals surface area contributed by atoms with Crippen LogP contribution in [0.5, 0.6) is 0 Å². The van der Waals surface area contributed by atoms with Gasteiger partial charge in [0.25, 0.3) is 0 Å². The summed E-state index contributed by atoms with van der Waals surface area (Å²) in [6.45, 7) is 8.93. The molecule has 3 atom stereocenters. The van der Waals surface area contributed by atoms with Crippen molar-refractivity contribution < 1.29 is 5.11 Å². The molecule has 0 aliphatic heterocycles. The van der Waals surface area contributed by atoms with Gasteiger partial charge in [0.05, 0.1) is 6.10 Å². The normalized spacial score (nSPS) is 44.5. The van der Waals surface area contributed by atoms with E-state index in [1.54, 1.807) is 0 Å². The Bertz CT molecular complexity index is 290. The van der Waals surface area contributed by atoms with E-state index in [2.05, 4.69) is 33.8 Å². The lowest BCUT2D eigenvalue weighted by molar-refractivity contribution is -0.105. The zero-order valence-electron chi connectivity index (χ0n) is 10.5. The fourth-order valence-electron chi connectivity index (χ4n) is 3.92. The van der Waals surface area contributed by atoms with Crippen LogP contribution in [-0.4, -0.2) is 11.2 Å². The number of hydrogen-bond acceptors (Lipinski definition) is 1. The predicted octanol–water partition coefficient (Wildman–Crippen LogP) is 3.53. The highest BCUT2D eigenvalue weighted by Gasteiger charge is 2.52. The molecule has 1 saturated carbocycles. The smallest absolute Gasteiger partial charge is 0.0655 e. The lowest BCUT2D eigenvalue weighted by atomic mass is 9.57. The zero-order valence-corrected chi connectivity index (χ0v) is 10.5. The Kier molecular flexibility index (Phi) is 2.50. The number of rotatable bonds is 0. The van der Waals surface area contributed by atoms with Crippen molar-refractivity contribution in [2.24, 2.45) is 16.7 Å². The molecule has 2 aliphatic carbocycles. The van der Waals surface area contributed by atoms with Crippen LogP contribution >= 0.6 is 0 Å². The summed E-state index contributed by atoms with van der Waals surface area (Å²) in [7, 11) is 0. The Balaban J connectivity index is 2.29. The topological polar surface area (TPSA) is 20.2 Å².